The fourth-order valence-corrected chi connectivity index (χ4v) is 2.78. The van der Waals surface area contributed by atoms with Crippen LogP contribution in [0.25, 0.3) is 0 Å². The predicted molar refractivity (Wildman–Crippen MR) is 132 cm³/mol. The van der Waals surface area contributed by atoms with E-state index < -0.39 is 6.17 Å². The standard InChI is InChI=1S/C25H49FN2O6/c1-5-22(4)25(30)28-18-23(26)19-33-15-11-7-10-14-32-17-16-31-13-9-6-8-12-27-24(29)20-34-21(2)3/h21-23H,5-20H2,1-4H3,(H,27,29)(H,28,30). The van der Waals surface area contributed by atoms with Crippen molar-refractivity contribution in [2.45, 2.75) is 84.9 Å². The molecule has 0 bridgehead atoms. The van der Waals surface area contributed by atoms with Crippen molar-refractivity contribution in [1.29, 1.82) is 0 Å². The quantitative estimate of drug-likeness (QED) is 0.201. The summed E-state index contributed by atoms with van der Waals surface area (Å²) in [6, 6.07) is 0. The second-order valence-electron chi connectivity index (χ2n) is 8.78. The first-order valence-corrected chi connectivity index (χ1v) is 12.9. The lowest BCUT2D eigenvalue weighted by Crippen LogP contribution is -2.35. The first kappa shape index (κ1) is 32.7. The SMILES string of the molecule is CCC(C)C(=O)NCC(F)COCCCCCOCCOCCCCCNC(=O)COC(C)C. The zero-order valence-electron chi connectivity index (χ0n) is 21.9. The van der Waals surface area contributed by atoms with Crippen molar-refractivity contribution < 1.29 is 32.9 Å². The van der Waals surface area contributed by atoms with E-state index >= 15 is 0 Å². The molecule has 0 aromatic rings. The highest BCUT2D eigenvalue weighted by Gasteiger charge is 2.13. The Bertz CT molecular complexity index is 496. The lowest BCUT2D eigenvalue weighted by Gasteiger charge is -2.13. The second-order valence-corrected chi connectivity index (χ2v) is 8.78. The first-order valence-electron chi connectivity index (χ1n) is 12.9. The first-order chi connectivity index (χ1) is 16.4. The Balaban J connectivity index is 3.25. The highest BCUT2D eigenvalue weighted by atomic mass is 19.1. The number of unbranched alkanes of at least 4 members (excludes halogenated alkanes) is 4. The summed E-state index contributed by atoms with van der Waals surface area (Å²) in [6.07, 6.45) is 5.28. The molecule has 0 saturated heterocycles. The van der Waals surface area contributed by atoms with Crippen LogP contribution in [0.15, 0.2) is 0 Å². The largest absolute Gasteiger partial charge is 0.379 e. The van der Waals surface area contributed by atoms with Gasteiger partial charge in [-0.05, 0) is 58.8 Å². The number of rotatable bonds is 24. The summed E-state index contributed by atoms with van der Waals surface area (Å²) in [6.45, 7) is 11.4. The third kappa shape index (κ3) is 22.5. The van der Waals surface area contributed by atoms with Crippen molar-refractivity contribution in [2.24, 2.45) is 5.92 Å². The molecule has 0 aliphatic rings. The van der Waals surface area contributed by atoms with Gasteiger partial charge in [-0.2, -0.15) is 0 Å². The van der Waals surface area contributed by atoms with Crippen LogP contribution >= 0.6 is 0 Å². The van der Waals surface area contributed by atoms with E-state index in [2.05, 4.69) is 10.6 Å². The van der Waals surface area contributed by atoms with E-state index in [0.29, 0.717) is 39.6 Å². The molecule has 2 unspecified atom stereocenters. The van der Waals surface area contributed by atoms with Gasteiger partial charge in [-0.1, -0.05) is 13.8 Å². The molecular weight excluding hydrogens is 443 g/mol. The van der Waals surface area contributed by atoms with Crippen LogP contribution in [0, 0.1) is 5.92 Å². The number of nitrogens with one attached hydrogen (secondary N) is 2. The molecule has 2 atom stereocenters. The molecule has 8 nitrogen and oxygen atoms in total. The maximum atomic E-state index is 13.7. The van der Waals surface area contributed by atoms with Gasteiger partial charge in [0.25, 0.3) is 0 Å². The Labute approximate surface area is 206 Å². The van der Waals surface area contributed by atoms with Crippen LogP contribution in [0.5, 0.6) is 0 Å². The summed E-state index contributed by atoms with van der Waals surface area (Å²) in [5.41, 5.74) is 0. The Kier molecular flexibility index (Phi) is 22.6. The molecule has 0 aromatic carbocycles. The normalized spacial score (nSPS) is 13.1. The highest BCUT2D eigenvalue weighted by Crippen LogP contribution is 2.02. The van der Waals surface area contributed by atoms with Crippen LogP contribution in [0.3, 0.4) is 0 Å². The number of alkyl halides is 1. The molecule has 2 N–H and O–H groups in total. The Morgan fingerprint density at radius 2 is 1.38 bits per heavy atom. The third-order valence-electron chi connectivity index (χ3n) is 5.14. The van der Waals surface area contributed by atoms with Crippen molar-refractivity contribution in [3.63, 3.8) is 0 Å². The van der Waals surface area contributed by atoms with Gasteiger partial charge < -0.3 is 29.6 Å². The molecule has 0 spiro atoms. The molecule has 0 heterocycles. The van der Waals surface area contributed by atoms with Crippen molar-refractivity contribution in [2.75, 3.05) is 59.3 Å². The summed E-state index contributed by atoms with van der Waals surface area (Å²) in [5.74, 6) is -0.266. The number of carbonyl (C=O) groups is 2. The highest BCUT2D eigenvalue weighted by molar-refractivity contribution is 5.78. The van der Waals surface area contributed by atoms with E-state index in [1.807, 2.05) is 27.7 Å². The molecule has 0 aliphatic heterocycles. The fraction of sp³-hybridized carbons (Fsp3) is 0.920. The summed E-state index contributed by atoms with van der Waals surface area (Å²) in [7, 11) is 0. The molecule has 0 fully saturated rings. The van der Waals surface area contributed by atoms with Crippen LogP contribution in [0.1, 0.15) is 72.6 Å². The Morgan fingerprint density at radius 3 is 1.97 bits per heavy atom. The minimum absolute atomic E-state index is 0.00566. The molecule has 0 radical (unpaired) electrons. The zero-order valence-corrected chi connectivity index (χ0v) is 21.9. The molecule has 202 valence electrons. The van der Waals surface area contributed by atoms with Crippen molar-refractivity contribution in [1.82, 2.24) is 10.6 Å². The van der Waals surface area contributed by atoms with E-state index in [0.717, 1.165) is 44.9 Å². The Hall–Kier alpha value is -1.29. The van der Waals surface area contributed by atoms with Gasteiger partial charge in [0, 0.05) is 32.3 Å². The number of carbonyl (C=O) groups excluding carboxylic acids is 2. The second kappa shape index (κ2) is 23.5. The molecular formula is C25H49FN2O6. The number of halogens is 1. The topological polar surface area (TPSA) is 95.1 Å². The average molecular weight is 493 g/mol. The number of ether oxygens (including phenoxy) is 4. The van der Waals surface area contributed by atoms with Gasteiger partial charge in [0.05, 0.1) is 32.5 Å². The maximum Gasteiger partial charge on any atom is 0.246 e. The van der Waals surface area contributed by atoms with Gasteiger partial charge in [0.1, 0.15) is 12.8 Å². The van der Waals surface area contributed by atoms with Crippen LogP contribution in [0.2, 0.25) is 0 Å². The third-order valence-corrected chi connectivity index (χ3v) is 5.14. The van der Waals surface area contributed by atoms with Gasteiger partial charge in [0.15, 0.2) is 0 Å². The summed E-state index contributed by atoms with van der Waals surface area (Å²) in [4.78, 5) is 23.1. The molecule has 0 rings (SSSR count). The predicted octanol–water partition coefficient (Wildman–Crippen LogP) is 3.42. The molecule has 0 saturated carbocycles. The van der Waals surface area contributed by atoms with Gasteiger partial charge in [0.2, 0.25) is 11.8 Å². The van der Waals surface area contributed by atoms with Crippen LogP contribution in [-0.4, -0.2) is 83.4 Å². The molecule has 34 heavy (non-hydrogen) atoms. The van der Waals surface area contributed by atoms with Crippen molar-refractivity contribution in [3.8, 4) is 0 Å². The van der Waals surface area contributed by atoms with Gasteiger partial charge >= 0.3 is 0 Å². The Morgan fingerprint density at radius 1 is 0.794 bits per heavy atom. The van der Waals surface area contributed by atoms with Crippen LogP contribution in [-0.2, 0) is 28.5 Å². The van der Waals surface area contributed by atoms with E-state index in [4.69, 9.17) is 18.9 Å². The average Bonchev–Trinajstić information content (AvgIpc) is 2.82. The smallest absolute Gasteiger partial charge is 0.246 e. The number of amides is 2. The molecule has 0 aliphatic carbocycles. The molecule has 9 heteroatoms. The molecule has 0 aromatic heterocycles. The lowest BCUT2D eigenvalue weighted by atomic mass is 10.1. The van der Waals surface area contributed by atoms with E-state index in [-0.39, 0.29) is 43.6 Å². The fourth-order valence-electron chi connectivity index (χ4n) is 2.78. The monoisotopic (exact) mass is 492 g/mol. The maximum absolute atomic E-state index is 13.7. The number of hydrogen-bond donors (Lipinski definition) is 2. The van der Waals surface area contributed by atoms with Crippen LogP contribution < -0.4 is 10.6 Å². The minimum Gasteiger partial charge on any atom is -0.379 e. The lowest BCUT2D eigenvalue weighted by molar-refractivity contribution is -0.127. The molecule has 2 amide bonds. The van der Waals surface area contributed by atoms with Crippen LogP contribution in [0.4, 0.5) is 4.39 Å². The van der Waals surface area contributed by atoms with Crippen molar-refractivity contribution >= 4 is 11.8 Å². The van der Waals surface area contributed by atoms with Gasteiger partial charge in [-0.25, -0.2) is 4.39 Å². The van der Waals surface area contributed by atoms with E-state index in [1.54, 1.807) is 0 Å². The minimum atomic E-state index is -1.17. The van der Waals surface area contributed by atoms with Gasteiger partial charge in [-0.15, -0.1) is 0 Å². The summed E-state index contributed by atoms with van der Waals surface area (Å²) < 4.78 is 35.4. The van der Waals surface area contributed by atoms with Crippen molar-refractivity contribution in [3.05, 3.63) is 0 Å². The summed E-state index contributed by atoms with van der Waals surface area (Å²) >= 11 is 0. The van der Waals surface area contributed by atoms with E-state index in [9.17, 15) is 14.0 Å². The zero-order chi connectivity index (χ0) is 25.4. The van der Waals surface area contributed by atoms with E-state index in [1.165, 1.54) is 0 Å². The number of hydrogen-bond acceptors (Lipinski definition) is 6. The van der Waals surface area contributed by atoms with Gasteiger partial charge in [-0.3, -0.25) is 9.59 Å². The summed E-state index contributed by atoms with van der Waals surface area (Å²) in [5, 5.41) is 5.45.